The van der Waals surface area contributed by atoms with Crippen molar-refractivity contribution in [2.45, 2.75) is 32.6 Å². The molecule has 0 amide bonds. The molecule has 3 N–H and O–H groups in total. The summed E-state index contributed by atoms with van der Waals surface area (Å²) in [6, 6.07) is 0. The summed E-state index contributed by atoms with van der Waals surface area (Å²) in [4.78, 5) is 0. The molecule has 0 aliphatic heterocycles. The normalized spacial score (nSPS) is 10.4. The molecule has 1 aromatic rings. The molecule has 68 valence electrons. The molecule has 0 aromatic carbocycles. The quantitative estimate of drug-likeness (QED) is 0.424. The second-order valence-corrected chi connectivity index (χ2v) is 3.16. The van der Waals surface area contributed by atoms with Crippen LogP contribution >= 0.6 is 12.2 Å². The van der Waals surface area contributed by atoms with E-state index in [-0.39, 0.29) is 0 Å². The first-order chi connectivity index (χ1) is 5.75. The van der Waals surface area contributed by atoms with E-state index in [4.69, 9.17) is 18.1 Å². The standard InChI is InChI=1S/C7H14N4S/c1-2-3-4-5-6-9-10-7(12)11(6)8/h2-5,8H2,1H3,(H,10,12). The Kier molecular flexibility index (Phi) is 3.28. The van der Waals surface area contributed by atoms with Crippen LogP contribution in [0.3, 0.4) is 0 Å². The summed E-state index contributed by atoms with van der Waals surface area (Å²) >= 11 is 4.87. The van der Waals surface area contributed by atoms with Crippen molar-refractivity contribution in [1.29, 1.82) is 0 Å². The summed E-state index contributed by atoms with van der Waals surface area (Å²) < 4.78 is 1.92. The molecule has 0 fully saturated rings. The molecule has 0 unspecified atom stereocenters. The van der Waals surface area contributed by atoms with E-state index in [1.54, 1.807) is 0 Å². The predicted octanol–water partition coefficient (Wildman–Crippen LogP) is 1.39. The van der Waals surface area contributed by atoms with Gasteiger partial charge in [0.05, 0.1) is 0 Å². The lowest BCUT2D eigenvalue weighted by Gasteiger charge is -1.98. The zero-order valence-electron chi connectivity index (χ0n) is 7.21. The Hall–Kier alpha value is -0.840. The second-order valence-electron chi connectivity index (χ2n) is 2.77. The number of rotatable bonds is 4. The summed E-state index contributed by atoms with van der Waals surface area (Å²) in [6.45, 7) is 2.17. The van der Waals surface area contributed by atoms with Gasteiger partial charge in [-0.05, 0) is 18.6 Å². The minimum atomic E-state index is 0.487. The zero-order chi connectivity index (χ0) is 8.97. The highest BCUT2D eigenvalue weighted by molar-refractivity contribution is 7.71. The Labute approximate surface area is 76.8 Å². The lowest BCUT2D eigenvalue weighted by molar-refractivity contribution is 0.678. The molecule has 0 saturated heterocycles. The minimum absolute atomic E-state index is 0.487. The van der Waals surface area contributed by atoms with Crippen molar-refractivity contribution in [3.05, 3.63) is 10.6 Å². The van der Waals surface area contributed by atoms with Gasteiger partial charge >= 0.3 is 0 Å². The number of hydrogen-bond acceptors (Lipinski definition) is 3. The average molecular weight is 186 g/mol. The Morgan fingerprint density at radius 1 is 1.58 bits per heavy atom. The van der Waals surface area contributed by atoms with Crippen LogP contribution in [0, 0.1) is 4.77 Å². The number of nitrogens with one attached hydrogen (secondary N) is 1. The van der Waals surface area contributed by atoms with Gasteiger partial charge in [-0.1, -0.05) is 19.8 Å². The van der Waals surface area contributed by atoms with Crippen molar-refractivity contribution < 1.29 is 0 Å². The number of aromatic amines is 1. The van der Waals surface area contributed by atoms with Crippen molar-refractivity contribution in [3.63, 3.8) is 0 Å². The van der Waals surface area contributed by atoms with Gasteiger partial charge < -0.3 is 5.84 Å². The molecule has 0 spiro atoms. The number of hydrogen-bond donors (Lipinski definition) is 2. The topological polar surface area (TPSA) is 59.6 Å². The van der Waals surface area contributed by atoms with Crippen LogP contribution in [0.5, 0.6) is 0 Å². The maximum atomic E-state index is 5.60. The largest absolute Gasteiger partial charge is 0.335 e. The maximum absolute atomic E-state index is 5.60. The van der Waals surface area contributed by atoms with Crippen molar-refractivity contribution in [2.75, 3.05) is 5.84 Å². The monoisotopic (exact) mass is 186 g/mol. The van der Waals surface area contributed by atoms with Gasteiger partial charge in [0, 0.05) is 6.42 Å². The van der Waals surface area contributed by atoms with Gasteiger partial charge in [-0.2, -0.15) is 5.10 Å². The summed E-state index contributed by atoms with van der Waals surface area (Å²) in [5.41, 5.74) is 0. The predicted molar refractivity (Wildman–Crippen MR) is 50.8 cm³/mol. The molecule has 0 saturated carbocycles. The summed E-state index contributed by atoms with van der Waals surface area (Å²) in [5, 5.41) is 6.66. The summed E-state index contributed by atoms with van der Waals surface area (Å²) in [7, 11) is 0. The summed E-state index contributed by atoms with van der Waals surface area (Å²) in [5.74, 6) is 6.44. The summed E-state index contributed by atoms with van der Waals surface area (Å²) in [6.07, 6.45) is 4.43. The van der Waals surface area contributed by atoms with E-state index in [9.17, 15) is 0 Å². The van der Waals surface area contributed by atoms with Crippen LogP contribution in [0.25, 0.3) is 0 Å². The van der Waals surface area contributed by atoms with E-state index in [1.165, 1.54) is 17.5 Å². The van der Waals surface area contributed by atoms with Gasteiger partial charge in [-0.3, -0.25) is 5.10 Å². The fraction of sp³-hybridized carbons (Fsp3) is 0.714. The van der Waals surface area contributed by atoms with E-state index in [0.29, 0.717) is 4.77 Å². The lowest BCUT2D eigenvalue weighted by Crippen LogP contribution is -2.12. The molecule has 1 heterocycles. The fourth-order valence-electron chi connectivity index (χ4n) is 1.05. The molecule has 1 aromatic heterocycles. The molecule has 4 nitrogen and oxygen atoms in total. The fourth-order valence-corrected chi connectivity index (χ4v) is 1.20. The molecule has 0 radical (unpaired) electrons. The number of H-pyrrole nitrogens is 1. The molecule has 0 aliphatic rings. The molecule has 0 atom stereocenters. The lowest BCUT2D eigenvalue weighted by atomic mass is 10.2. The van der Waals surface area contributed by atoms with Crippen LogP contribution in [0.2, 0.25) is 0 Å². The first kappa shape index (κ1) is 9.25. The van der Waals surface area contributed by atoms with Crippen molar-refractivity contribution in [3.8, 4) is 0 Å². The van der Waals surface area contributed by atoms with Crippen LogP contribution in [0.4, 0.5) is 0 Å². The van der Waals surface area contributed by atoms with E-state index < -0.39 is 0 Å². The van der Waals surface area contributed by atoms with Gasteiger partial charge in [-0.25, -0.2) is 4.68 Å². The SMILES string of the molecule is CCCCCc1n[nH]c(=S)n1N. The Morgan fingerprint density at radius 2 is 2.33 bits per heavy atom. The highest BCUT2D eigenvalue weighted by atomic mass is 32.1. The van der Waals surface area contributed by atoms with Crippen LogP contribution in [0.15, 0.2) is 0 Å². The van der Waals surface area contributed by atoms with Crippen LogP contribution < -0.4 is 5.84 Å². The Balaban J connectivity index is 2.52. The average Bonchev–Trinajstić information content (AvgIpc) is 2.36. The minimum Gasteiger partial charge on any atom is -0.335 e. The molecule has 12 heavy (non-hydrogen) atoms. The molecule has 0 aliphatic carbocycles. The smallest absolute Gasteiger partial charge is 0.214 e. The van der Waals surface area contributed by atoms with E-state index >= 15 is 0 Å². The Morgan fingerprint density at radius 3 is 2.83 bits per heavy atom. The molecule has 0 bridgehead atoms. The number of nitrogens with two attached hydrogens (primary N) is 1. The zero-order valence-corrected chi connectivity index (χ0v) is 8.02. The molecule has 1 rings (SSSR count). The third kappa shape index (κ3) is 2.07. The van der Waals surface area contributed by atoms with Gasteiger partial charge in [0.1, 0.15) is 0 Å². The van der Waals surface area contributed by atoms with Crippen molar-refractivity contribution in [2.24, 2.45) is 0 Å². The molecular weight excluding hydrogens is 172 g/mol. The number of unbranched alkanes of at least 4 members (excludes halogenated alkanes) is 2. The van der Waals surface area contributed by atoms with Gasteiger partial charge in [0.15, 0.2) is 5.82 Å². The highest BCUT2D eigenvalue weighted by Crippen LogP contribution is 2.01. The van der Waals surface area contributed by atoms with Crippen LogP contribution in [0.1, 0.15) is 32.0 Å². The number of nitrogens with zero attached hydrogens (tertiary/aromatic N) is 2. The van der Waals surface area contributed by atoms with E-state index in [0.717, 1.165) is 18.7 Å². The first-order valence-electron chi connectivity index (χ1n) is 4.17. The number of aryl methyl sites for hydroxylation is 1. The third-order valence-corrected chi connectivity index (χ3v) is 2.07. The van der Waals surface area contributed by atoms with Crippen molar-refractivity contribution in [1.82, 2.24) is 14.9 Å². The second kappa shape index (κ2) is 4.25. The van der Waals surface area contributed by atoms with E-state index in [1.807, 2.05) is 0 Å². The first-order valence-corrected chi connectivity index (χ1v) is 4.58. The van der Waals surface area contributed by atoms with Gasteiger partial charge in [-0.15, -0.1) is 0 Å². The maximum Gasteiger partial charge on any atom is 0.214 e. The number of nitrogen functional groups attached to an aromatic ring is 1. The van der Waals surface area contributed by atoms with Crippen LogP contribution in [-0.2, 0) is 6.42 Å². The van der Waals surface area contributed by atoms with Crippen LogP contribution in [-0.4, -0.2) is 14.9 Å². The van der Waals surface area contributed by atoms with Gasteiger partial charge in [0.2, 0.25) is 4.77 Å². The van der Waals surface area contributed by atoms with Gasteiger partial charge in [0.25, 0.3) is 0 Å². The molecule has 5 heteroatoms. The third-order valence-electron chi connectivity index (χ3n) is 1.78. The van der Waals surface area contributed by atoms with Crippen molar-refractivity contribution >= 4 is 12.2 Å². The van der Waals surface area contributed by atoms with E-state index in [2.05, 4.69) is 17.1 Å². The Bertz CT molecular complexity index is 288. The number of aromatic nitrogens is 3. The molecular formula is C7H14N4S. The highest BCUT2D eigenvalue weighted by Gasteiger charge is 2.00.